The van der Waals surface area contributed by atoms with E-state index < -0.39 is 10.0 Å². The largest absolute Gasteiger partial charge is 0.462 e. The van der Waals surface area contributed by atoms with E-state index in [0.29, 0.717) is 32.9 Å². The number of hydrogen-bond acceptors (Lipinski definition) is 6. The molecule has 1 aromatic heterocycles. The normalized spacial score (nSPS) is 13.0. The molecule has 1 heterocycles. The van der Waals surface area contributed by atoms with Crippen molar-refractivity contribution < 1.29 is 17.9 Å². The van der Waals surface area contributed by atoms with E-state index in [1.165, 1.54) is 46.5 Å². The maximum absolute atomic E-state index is 12.8. The zero-order valence-corrected chi connectivity index (χ0v) is 23.2. The second-order valence-electron chi connectivity index (χ2n) is 8.00. The molecule has 0 atom stereocenters. The lowest BCUT2D eigenvalue weighted by atomic mass is 9.95. The van der Waals surface area contributed by atoms with Crippen LogP contribution in [0.2, 0.25) is 10.0 Å². The first kappa shape index (κ1) is 26.7. The molecule has 4 rings (SSSR count). The molecule has 0 saturated carbocycles. The molecule has 2 aromatic carbocycles. The molecule has 190 valence electrons. The van der Waals surface area contributed by atoms with Gasteiger partial charge in [0.15, 0.2) is 5.11 Å². The van der Waals surface area contributed by atoms with Crippen LogP contribution in [-0.2, 0) is 27.6 Å². The zero-order chi connectivity index (χ0) is 25.9. The fourth-order valence-electron chi connectivity index (χ4n) is 3.88. The molecular weight excluding hydrogens is 561 g/mol. The van der Waals surface area contributed by atoms with Crippen LogP contribution in [-0.4, -0.2) is 26.1 Å². The van der Waals surface area contributed by atoms with Crippen LogP contribution in [0.3, 0.4) is 0 Å². The highest BCUT2D eigenvalue weighted by atomic mass is 35.5. The number of carbonyl (C=O) groups excluding carboxylic acids is 1. The molecule has 0 fully saturated rings. The third-order valence-electron chi connectivity index (χ3n) is 5.42. The summed E-state index contributed by atoms with van der Waals surface area (Å²) in [4.78, 5) is 13.9. The highest BCUT2D eigenvalue weighted by Gasteiger charge is 2.26. The molecule has 12 heteroatoms. The SMILES string of the molecule is CCOC(=O)c1c(NC(=S)Nc2ccc(S(=O)(=O)Nc3cc(Cl)cc(Cl)c3)cc2)sc2c1CCCC2. The van der Waals surface area contributed by atoms with Crippen molar-refractivity contribution >= 4 is 84.2 Å². The number of thiophene rings is 1. The Balaban J connectivity index is 1.46. The van der Waals surface area contributed by atoms with E-state index >= 15 is 0 Å². The minimum absolute atomic E-state index is 0.0542. The number of thiocarbonyl (C=S) groups is 1. The summed E-state index contributed by atoms with van der Waals surface area (Å²) in [5.74, 6) is -0.356. The topological polar surface area (TPSA) is 96.5 Å². The molecule has 1 aliphatic rings. The molecule has 0 unspecified atom stereocenters. The summed E-state index contributed by atoms with van der Waals surface area (Å²) < 4.78 is 33.2. The van der Waals surface area contributed by atoms with Gasteiger partial charge >= 0.3 is 5.97 Å². The summed E-state index contributed by atoms with van der Waals surface area (Å²) in [6.07, 6.45) is 3.89. The average molecular weight is 585 g/mol. The molecule has 3 N–H and O–H groups in total. The van der Waals surface area contributed by atoms with Crippen molar-refractivity contribution in [2.75, 3.05) is 22.0 Å². The number of esters is 1. The number of carbonyl (C=O) groups is 1. The zero-order valence-electron chi connectivity index (χ0n) is 19.2. The average Bonchev–Trinajstić information content (AvgIpc) is 3.16. The van der Waals surface area contributed by atoms with E-state index in [2.05, 4.69) is 15.4 Å². The summed E-state index contributed by atoms with van der Waals surface area (Å²) in [5, 5.41) is 7.73. The van der Waals surface area contributed by atoms with Crippen LogP contribution in [0.15, 0.2) is 47.4 Å². The van der Waals surface area contributed by atoms with Crippen LogP contribution in [0.1, 0.15) is 40.6 Å². The number of sulfonamides is 1. The van der Waals surface area contributed by atoms with Gasteiger partial charge in [0.1, 0.15) is 5.00 Å². The maximum atomic E-state index is 12.8. The van der Waals surface area contributed by atoms with Crippen LogP contribution in [0.25, 0.3) is 0 Å². The summed E-state index contributed by atoms with van der Waals surface area (Å²) >= 11 is 18.9. The minimum Gasteiger partial charge on any atom is -0.462 e. The predicted molar refractivity (Wildman–Crippen MR) is 150 cm³/mol. The number of hydrogen-bond donors (Lipinski definition) is 3. The van der Waals surface area contributed by atoms with E-state index in [-0.39, 0.29) is 21.7 Å². The van der Waals surface area contributed by atoms with Gasteiger partial charge in [0.25, 0.3) is 10.0 Å². The number of anilines is 3. The van der Waals surface area contributed by atoms with Gasteiger partial charge in [0.2, 0.25) is 0 Å². The van der Waals surface area contributed by atoms with Crippen molar-refractivity contribution in [1.82, 2.24) is 0 Å². The highest BCUT2D eigenvalue weighted by molar-refractivity contribution is 7.92. The maximum Gasteiger partial charge on any atom is 0.341 e. The first-order chi connectivity index (χ1) is 17.2. The van der Waals surface area contributed by atoms with Crippen molar-refractivity contribution in [1.29, 1.82) is 0 Å². The first-order valence-electron chi connectivity index (χ1n) is 11.1. The van der Waals surface area contributed by atoms with Crippen molar-refractivity contribution in [2.45, 2.75) is 37.5 Å². The summed E-state index contributed by atoms with van der Waals surface area (Å²) in [5.41, 5.74) is 2.43. The molecular formula is C24H23Cl2N3O4S3. The number of benzene rings is 2. The standard InChI is InChI=1S/C24H23Cl2N3O4S3/c1-2-33-23(30)21-19-5-3-4-6-20(19)35-22(21)28-24(34)27-16-7-9-18(10-8-16)36(31,32)29-17-12-14(25)11-15(26)13-17/h7-13,29H,2-6H2,1H3,(H2,27,28,34). The summed E-state index contributed by atoms with van der Waals surface area (Å²) in [7, 11) is -3.86. The lowest BCUT2D eigenvalue weighted by molar-refractivity contribution is 0.0526. The smallest absolute Gasteiger partial charge is 0.341 e. The Labute approximate surface area is 229 Å². The predicted octanol–water partition coefficient (Wildman–Crippen LogP) is 6.72. The Morgan fingerprint density at radius 3 is 2.36 bits per heavy atom. The number of halogens is 2. The first-order valence-corrected chi connectivity index (χ1v) is 14.6. The molecule has 1 aliphatic carbocycles. The Kier molecular flexibility index (Phi) is 8.41. The van der Waals surface area contributed by atoms with Crippen LogP contribution >= 0.6 is 46.8 Å². The van der Waals surface area contributed by atoms with E-state index in [4.69, 9.17) is 40.2 Å². The molecule has 0 amide bonds. The van der Waals surface area contributed by atoms with Gasteiger partial charge in [0, 0.05) is 20.6 Å². The molecule has 0 bridgehead atoms. The molecule has 0 radical (unpaired) electrons. The van der Waals surface area contributed by atoms with Gasteiger partial charge in [-0.05, 0) is 92.9 Å². The Morgan fingerprint density at radius 2 is 1.69 bits per heavy atom. The number of fused-ring (bicyclic) bond motifs is 1. The van der Waals surface area contributed by atoms with Gasteiger partial charge in [0.05, 0.1) is 22.8 Å². The number of ether oxygens (including phenoxy) is 1. The number of rotatable bonds is 7. The van der Waals surface area contributed by atoms with Crippen molar-refractivity contribution in [2.24, 2.45) is 0 Å². The van der Waals surface area contributed by atoms with E-state index in [9.17, 15) is 13.2 Å². The second-order valence-corrected chi connectivity index (χ2v) is 12.1. The monoisotopic (exact) mass is 583 g/mol. The summed E-state index contributed by atoms with van der Waals surface area (Å²) in [6.45, 7) is 2.07. The number of nitrogens with one attached hydrogen (secondary N) is 3. The van der Waals surface area contributed by atoms with Gasteiger partial charge in [-0.3, -0.25) is 4.72 Å². The molecule has 0 spiro atoms. The molecule has 7 nitrogen and oxygen atoms in total. The Morgan fingerprint density at radius 1 is 1.03 bits per heavy atom. The quantitative estimate of drug-likeness (QED) is 0.210. The second kappa shape index (κ2) is 11.4. The third kappa shape index (κ3) is 6.30. The molecule has 36 heavy (non-hydrogen) atoms. The summed E-state index contributed by atoms with van der Waals surface area (Å²) in [6, 6.07) is 10.6. The molecule has 3 aromatic rings. The molecule has 0 aliphatic heterocycles. The van der Waals surface area contributed by atoms with E-state index in [1.807, 2.05) is 0 Å². The van der Waals surface area contributed by atoms with Gasteiger partial charge in [-0.25, -0.2) is 13.2 Å². The fraction of sp³-hybridized carbons (Fsp3) is 0.250. The van der Waals surface area contributed by atoms with Gasteiger partial charge in [-0.15, -0.1) is 11.3 Å². The molecule has 0 saturated heterocycles. The van der Waals surface area contributed by atoms with Gasteiger partial charge in [-0.2, -0.15) is 0 Å². The van der Waals surface area contributed by atoms with Crippen molar-refractivity contribution in [3.8, 4) is 0 Å². The number of aryl methyl sites for hydroxylation is 1. The third-order valence-corrected chi connectivity index (χ3v) is 8.66. The van der Waals surface area contributed by atoms with Gasteiger partial charge in [-0.1, -0.05) is 23.2 Å². The fourth-order valence-corrected chi connectivity index (χ4v) is 7.02. The van der Waals surface area contributed by atoms with Crippen LogP contribution < -0.4 is 15.4 Å². The van der Waals surface area contributed by atoms with Crippen LogP contribution in [0.4, 0.5) is 16.4 Å². The van der Waals surface area contributed by atoms with E-state index in [0.717, 1.165) is 31.2 Å². The van der Waals surface area contributed by atoms with E-state index in [1.54, 1.807) is 19.1 Å². The van der Waals surface area contributed by atoms with Crippen LogP contribution in [0.5, 0.6) is 0 Å². The lowest BCUT2D eigenvalue weighted by Crippen LogP contribution is -2.20. The highest BCUT2D eigenvalue weighted by Crippen LogP contribution is 2.38. The Hall–Kier alpha value is -2.37. The van der Waals surface area contributed by atoms with Gasteiger partial charge < -0.3 is 15.4 Å². The van der Waals surface area contributed by atoms with Crippen molar-refractivity contribution in [3.63, 3.8) is 0 Å². The van der Waals surface area contributed by atoms with Crippen molar-refractivity contribution in [3.05, 3.63) is 68.5 Å². The minimum atomic E-state index is -3.86. The lowest BCUT2D eigenvalue weighted by Gasteiger charge is -2.13. The van der Waals surface area contributed by atoms with Crippen LogP contribution in [0, 0.1) is 0 Å². The Bertz CT molecular complexity index is 1390.